The summed E-state index contributed by atoms with van der Waals surface area (Å²) in [7, 11) is 0. The highest BCUT2D eigenvalue weighted by atomic mass is 16.3. The van der Waals surface area contributed by atoms with E-state index in [4.69, 9.17) is 20.9 Å². The molecule has 0 aliphatic rings. The second kappa shape index (κ2) is 14.1. The molecule has 0 N–H and O–H groups in total. The lowest BCUT2D eigenvalue weighted by atomic mass is 9.96. The second-order valence-corrected chi connectivity index (χ2v) is 14.3. The maximum absolute atomic E-state index is 10.2. The van der Waals surface area contributed by atoms with Crippen LogP contribution in [0.4, 0.5) is 0 Å². The van der Waals surface area contributed by atoms with Crippen molar-refractivity contribution in [2.45, 2.75) is 0 Å². The molecule has 10 aromatic carbocycles. The topological polar surface area (TPSA) is 23.0 Å². The first-order valence-electron chi connectivity index (χ1n) is 32.9. The van der Waals surface area contributed by atoms with Gasteiger partial charge in [-0.1, -0.05) is 169 Å². The van der Waals surface area contributed by atoms with E-state index in [1.807, 2.05) is 0 Å². The van der Waals surface area contributed by atoms with E-state index in [0.29, 0.717) is 0 Å². The summed E-state index contributed by atoms with van der Waals surface area (Å²) in [5.74, 6) is 0. The van der Waals surface area contributed by atoms with Crippen LogP contribution >= 0.6 is 0 Å². The molecule has 0 atom stereocenters. The van der Waals surface area contributed by atoms with Crippen molar-refractivity contribution in [3.05, 3.63) is 230 Å². The summed E-state index contributed by atoms with van der Waals surface area (Å²) in [6, 6.07) is -3.06. The Hall–Kier alpha value is -8.40. The average Bonchev–Trinajstić information content (AvgIpc) is 1.52. The van der Waals surface area contributed by atoms with E-state index in [1.165, 1.54) is 27.3 Å². The van der Waals surface area contributed by atoms with E-state index < -0.39 is 201 Å². The number of fused-ring (bicyclic) bond motifs is 9. The zero-order valence-corrected chi connectivity index (χ0v) is 32.2. The highest BCUT2D eigenvalue weighted by Gasteiger charge is 2.21. The first-order valence-corrected chi connectivity index (χ1v) is 19.4. The minimum absolute atomic E-state index is 0.106. The largest absolute Gasteiger partial charge is 0.454 e. The molecule has 13 rings (SSSR count). The highest BCUT2D eigenvalue weighted by molar-refractivity contribution is 6.17. The minimum Gasteiger partial charge on any atom is -0.454 e. The van der Waals surface area contributed by atoms with Crippen LogP contribution in [0.3, 0.4) is 0 Å². The molecule has 3 heterocycles. The molecule has 0 bridgehead atoms. The van der Waals surface area contributed by atoms with Gasteiger partial charge in [0.2, 0.25) is 0 Å². The Bertz CT molecular complexity index is 5470. The molecular formula is C60H38N2O. The number of para-hydroxylation sites is 5. The highest BCUT2D eigenvalue weighted by Crippen LogP contribution is 2.43. The van der Waals surface area contributed by atoms with Crippen molar-refractivity contribution >= 4 is 65.6 Å². The number of aromatic nitrogens is 2. The molecule has 13 aromatic rings. The molecule has 0 amide bonds. The third-order valence-electron chi connectivity index (χ3n) is 10.8. The molecule has 0 spiro atoms. The van der Waals surface area contributed by atoms with Gasteiger partial charge in [0.1, 0.15) is 5.58 Å². The molecule has 63 heavy (non-hydrogen) atoms. The monoisotopic (exact) mass is 829 g/mol. The van der Waals surface area contributed by atoms with Gasteiger partial charge >= 0.3 is 0 Å². The molecule has 3 nitrogen and oxygen atoms in total. The van der Waals surface area contributed by atoms with Crippen LogP contribution < -0.4 is 0 Å². The molecule has 0 unspecified atom stereocenters. The molecule has 0 saturated carbocycles. The van der Waals surface area contributed by atoms with Gasteiger partial charge in [0.15, 0.2) is 5.58 Å². The molecule has 0 fully saturated rings. The predicted molar refractivity (Wildman–Crippen MR) is 264 cm³/mol. The van der Waals surface area contributed by atoms with Gasteiger partial charge in [-0.3, -0.25) is 0 Å². The lowest BCUT2D eigenvalue weighted by Crippen LogP contribution is -1.95. The minimum atomic E-state index is -0.956. The van der Waals surface area contributed by atoms with Crippen LogP contribution in [-0.4, -0.2) is 9.13 Å². The van der Waals surface area contributed by atoms with Crippen molar-refractivity contribution in [2.24, 2.45) is 0 Å². The lowest BCUT2D eigenvalue weighted by Gasteiger charge is -2.12. The van der Waals surface area contributed by atoms with Gasteiger partial charge in [0.25, 0.3) is 0 Å². The third kappa shape index (κ3) is 5.60. The van der Waals surface area contributed by atoms with Gasteiger partial charge in [0, 0.05) is 43.6 Å². The van der Waals surface area contributed by atoms with E-state index in [9.17, 15) is 20.6 Å². The summed E-state index contributed by atoms with van der Waals surface area (Å²) < 4.78 is 257. The van der Waals surface area contributed by atoms with Crippen molar-refractivity contribution in [3.8, 4) is 55.9 Å². The smallest absolute Gasteiger partial charge is 0.159 e. The fourth-order valence-electron chi connectivity index (χ4n) is 8.01. The molecule has 0 aliphatic carbocycles. The number of nitrogens with zero attached hydrogens (tertiary/aromatic N) is 2. The van der Waals surface area contributed by atoms with E-state index in [1.54, 1.807) is 30.3 Å². The van der Waals surface area contributed by atoms with Crippen LogP contribution in [0, 0.1) is 0 Å². The van der Waals surface area contributed by atoms with Crippen molar-refractivity contribution in [3.63, 3.8) is 0 Å². The summed E-state index contributed by atoms with van der Waals surface area (Å²) in [6.07, 6.45) is 0. The Morgan fingerprint density at radius 2 is 0.984 bits per heavy atom. The van der Waals surface area contributed by atoms with Crippen LogP contribution in [0.15, 0.2) is 234 Å². The van der Waals surface area contributed by atoms with Gasteiger partial charge < -0.3 is 13.6 Å². The van der Waals surface area contributed by atoms with Gasteiger partial charge in [-0.05, 0) is 99.5 Å². The maximum Gasteiger partial charge on any atom is 0.159 e. The van der Waals surface area contributed by atoms with E-state index >= 15 is 0 Å². The SMILES string of the molecule is [2H]c1cc2c(c([2H])c1[2H])c1c([2H])c(-c3c([2H])c([2H])c([2H])c4c5c([2H])c([2H])c([2H])c([2H])c5n(-c5ccccc5)c34)cc([2H])c1n2-c1cc([2H])c([2H])c2c1oc1c([2H])c([2H])c(-c3c([2H])c([2H])c(-c4c([2H])c([2H])c([2H])c(-c5c([2H])cccc5[2H])c4[2H])c([2H])c3[2H])c([2H])c12. The van der Waals surface area contributed by atoms with Crippen molar-refractivity contribution in [1.82, 2.24) is 9.13 Å². The van der Waals surface area contributed by atoms with Gasteiger partial charge in [-0.25, -0.2) is 0 Å². The Morgan fingerprint density at radius 1 is 0.349 bits per heavy atom. The normalized spacial score (nSPS) is 17.8. The van der Waals surface area contributed by atoms with Crippen LogP contribution in [0.25, 0.3) is 121 Å². The molecule has 0 saturated heterocycles. The summed E-state index contributed by atoms with van der Waals surface area (Å²) in [6.45, 7) is 0. The van der Waals surface area contributed by atoms with Crippen molar-refractivity contribution in [1.29, 1.82) is 0 Å². The molecule has 3 aromatic heterocycles. The summed E-state index contributed by atoms with van der Waals surface area (Å²) in [5, 5.41) is -1.71. The van der Waals surface area contributed by atoms with Crippen LogP contribution in [0.5, 0.6) is 0 Å². The van der Waals surface area contributed by atoms with Crippen LogP contribution in [0.2, 0.25) is 0 Å². The van der Waals surface area contributed by atoms with Crippen LogP contribution in [-0.2, 0) is 0 Å². The Morgan fingerprint density at radius 3 is 1.81 bits per heavy atom. The number of rotatable bonds is 6. The zero-order chi connectivity index (χ0) is 64.9. The molecular weight excluding hydrogens is 765 g/mol. The number of hydrogen-bond donors (Lipinski definition) is 0. The second-order valence-electron chi connectivity index (χ2n) is 14.3. The summed E-state index contributed by atoms with van der Waals surface area (Å²) in [4.78, 5) is 0. The molecule has 0 radical (unpaired) electrons. The fourth-order valence-corrected chi connectivity index (χ4v) is 8.01. The Kier molecular flexibility index (Phi) is 4.00. The van der Waals surface area contributed by atoms with Gasteiger partial charge in [-0.2, -0.15) is 0 Å². The quantitative estimate of drug-likeness (QED) is 0.164. The number of benzene rings is 10. The Labute approximate surface area is 401 Å². The van der Waals surface area contributed by atoms with Gasteiger partial charge in [0.05, 0.1) is 64.8 Å². The van der Waals surface area contributed by atoms with Gasteiger partial charge in [-0.15, -0.1) is 0 Å². The van der Waals surface area contributed by atoms with E-state index in [0.717, 1.165) is 18.2 Å². The lowest BCUT2D eigenvalue weighted by molar-refractivity contribution is 0.666. The zero-order valence-electron chi connectivity index (χ0n) is 59.2. The van der Waals surface area contributed by atoms with Crippen LogP contribution in [0.1, 0.15) is 37.0 Å². The number of furan rings is 1. The maximum atomic E-state index is 10.2. The fraction of sp³-hybridized carbons (Fsp3) is 0. The van der Waals surface area contributed by atoms with E-state index in [2.05, 4.69) is 0 Å². The van der Waals surface area contributed by atoms with E-state index in [-0.39, 0.29) is 83.8 Å². The standard InChI is InChI=1S/C60H38N2O/c1-3-14-39(15-4-1)42-16-11-17-43(36-42)40-28-30-41(31-29-40)44-33-35-58-53(37-44)51-24-13-27-57(60(51)63-58)62-55-26-10-8-21-49(55)52-38-45(32-34-56(52)62)47-22-12-23-50-48-20-7-9-25-54(48)61(59(47)50)46-18-5-2-6-19-46/h1-38H/i7D,8D,9D,10D,11D,12D,13D,14D,15D,16D,17D,20D,21D,22D,23D,24D,25D,28D,29D,30D,31D,33D,34D,35D,36D,37D,38D. The predicted octanol–water partition coefficient (Wildman–Crippen LogP) is 16.4. The first-order chi connectivity index (χ1) is 42.5. The van der Waals surface area contributed by atoms with Crippen molar-refractivity contribution < 1.29 is 41.4 Å². The molecule has 0 aliphatic heterocycles. The first kappa shape index (κ1) is 17.9. The third-order valence-corrected chi connectivity index (χ3v) is 10.8. The summed E-state index contributed by atoms with van der Waals surface area (Å²) in [5.41, 5.74) is -5.65. The Balaban J connectivity index is 1.10. The molecule has 3 heteroatoms. The average molecular weight is 830 g/mol. The molecule has 294 valence electrons. The van der Waals surface area contributed by atoms with Crippen molar-refractivity contribution in [2.75, 3.05) is 0 Å². The number of hydrogen-bond acceptors (Lipinski definition) is 1. The summed E-state index contributed by atoms with van der Waals surface area (Å²) >= 11 is 0.